The lowest BCUT2D eigenvalue weighted by molar-refractivity contribution is -0.451. The molecule has 3 aromatic rings. The molecule has 0 aliphatic rings. The van der Waals surface area contributed by atoms with Crippen LogP contribution in [0.1, 0.15) is 11.1 Å². The Kier molecular flexibility index (Phi) is 5.70. The van der Waals surface area contributed by atoms with Crippen molar-refractivity contribution in [3.05, 3.63) is 101 Å². The first-order chi connectivity index (χ1) is 11.8. The van der Waals surface area contributed by atoms with Crippen molar-refractivity contribution in [1.29, 1.82) is 0 Å². The van der Waals surface area contributed by atoms with E-state index in [1.165, 1.54) is 10.5 Å². The minimum absolute atomic E-state index is 0.453. The lowest BCUT2D eigenvalue weighted by Crippen LogP contribution is -2.10. The molecule has 120 valence electrons. The molecule has 24 heavy (non-hydrogen) atoms. The molecule has 0 aliphatic heterocycles. The van der Waals surface area contributed by atoms with Gasteiger partial charge in [-0.3, -0.25) is 0 Å². The van der Waals surface area contributed by atoms with E-state index in [0.29, 0.717) is 6.54 Å². The van der Waals surface area contributed by atoms with Crippen LogP contribution in [0.25, 0.3) is 0 Å². The number of hydrogen-bond donors (Lipinski definition) is 0. The van der Waals surface area contributed by atoms with Crippen molar-refractivity contribution < 1.29 is 4.74 Å². The summed E-state index contributed by atoms with van der Waals surface area (Å²) in [6.45, 7) is 0.453. The Balaban J connectivity index is 1.72. The van der Waals surface area contributed by atoms with Crippen LogP contribution in [-0.4, -0.2) is 17.5 Å². The van der Waals surface area contributed by atoms with Gasteiger partial charge in [0.2, 0.25) is 0 Å². The highest BCUT2D eigenvalue weighted by Crippen LogP contribution is 2.29. The Morgan fingerprint density at radius 3 is 2.17 bits per heavy atom. The van der Waals surface area contributed by atoms with E-state index in [1.807, 2.05) is 66.7 Å². The Morgan fingerprint density at radius 1 is 0.792 bits per heavy atom. The average Bonchev–Trinajstić information content (AvgIpc) is 2.63. The van der Waals surface area contributed by atoms with Crippen LogP contribution in [0.3, 0.4) is 0 Å². The molecule has 3 heteroatoms. The van der Waals surface area contributed by atoms with Gasteiger partial charge >= 0.3 is 0 Å². The van der Waals surface area contributed by atoms with Crippen molar-refractivity contribution in [3.63, 3.8) is 0 Å². The van der Waals surface area contributed by atoms with E-state index in [1.54, 1.807) is 18.0 Å². The predicted octanol–water partition coefficient (Wildman–Crippen LogP) is 5.01. The molecular weight excluding hydrogens is 314 g/mol. The highest BCUT2D eigenvalue weighted by atomic mass is 32.2. The van der Waals surface area contributed by atoms with Gasteiger partial charge in [0, 0.05) is 16.2 Å². The predicted molar refractivity (Wildman–Crippen MR) is 101 cm³/mol. The van der Waals surface area contributed by atoms with Gasteiger partial charge < -0.3 is 5.21 Å². The van der Waals surface area contributed by atoms with Crippen LogP contribution < -0.4 is 0 Å². The molecule has 0 saturated carbocycles. The minimum atomic E-state index is 0.453. The van der Waals surface area contributed by atoms with E-state index in [4.69, 9.17) is 0 Å². The van der Waals surface area contributed by atoms with Gasteiger partial charge in [0.05, 0.1) is 5.56 Å². The zero-order valence-corrected chi connectivity index (χ0v) is 14.2. The molecule has 0 saturated heterocycles. The highest BCUT2D eigenvalue weighted by molar-refractivity contribution is 7.99. The number of nitrogens with zero attached hydrogens (tertiary/aromatic N) is 1. The first-order valence-electron chi connectivity index (χ1n) is 7.96. The third-order valence-corrected chi connectivity index (χ3v) is 4.74. The van der Waals surface area contributed by atoms with E-state index < -0.39 is 0 Å². The SMILES string of the molecule is [O-]/[N+](=C\c1ccccc1Sc1ccccc1)CCc1ccccc1. The summed E-state index contributed by atoms with van der Waals surface area (Å²) in [6.07, 6.45) is 2.43. The lowest BCUT2D eigenvalue weighted by atomic mass is 10.1. The number of hydroxylamine groups is 1. The van der Waals surface area contributed by atoms with Crippen molar-refractivity contribution in [3.8, 4) is 0 Å². The highest BCUT2D eigenvalue weighted by Gasteiger charge is 2.05. The van der Waals surface area contributed by atoms with Gasteiger partial charge in [-0.25, -0.2) is 4.74 Å². The summed E-state index contributed by atoms with van der Waals surface area (Å²) >= 11 is 1.67. The van der Waals surface area contributed by atoms with E-state index in [2.05, 4.69) is 18.2 Å². The van der Waals surface area contributed by atoms with Crippen molar-refractivity contribution >= 4 is 18.0 Å². The monoisotopic (exact) mass is 333 g/mol. The molecule has 0 aromatic heterocycles. The molecule has 0 heterocycles. The molecule has 0 radical (unpaired) electrons. The fraction of sp³-hybridized carbons (Fsp3) is 0.0952. The molecule has 0 unspecified atom stereocenters. The van der Waals surface area contributed by atoms with Crippen LogP contribution >= 0.6 is 11.8 Å². The van der Waals surface area contributed by atoms with Crippen LogP contribution in [-0.2, 0) is 6.42 Å². The van der Waals surface area contributed by atoms with Crippen LogP contribution in [0.5, 0.6) is 0 Å². The summed E-state index contributed by atoms with van der Waals surface area (Å²) in [6, 6.07) is 28.3. The summed E-state index contributed by atoms with van der Waals surface area (Å²) < 4.78 is 1.03. The summed E-state index contributed by atoms with van der Waals surface area (Å²) in [5.74, 6) is 0. The van der Waals surface area contributed by atoms with Crippen molar-refractivity contribution in [2.24, 2.45) is 0 Å². The molecule has 0 amide bonds. The number of benzene rings is 3. The Hall–Kier alpha value is -2.52. The molecular formula is C21H19NOS. The van der Waals surface area contributed by atoms with Gasteiger partial charge in [-0.15, -0.1) is 0 Å². The quantitative estimate of drug-likeness (QED) is 0.274. The zero-order chi connectivity index (χ0) is 16.6. The molecule has 0 fully saturated rings. The molecule has 0 N–H and O–H groups in total. The lowest BCUT2D eigenvalue weighted by Gasteiger charge is -2.07. The maximum absolute atomic E-state index is 12.2. The second kappa shape index (κ2) is 8.37. The maximum Gasteiger partial charge on any atom is 0.182 e. The average molecular weight is 333 g/mol. The van der Waals surface area contributed by atoms with Crippen LogP contribution in [0, 0.1) is 5.21 Å². The number of hydrogen-bond acceptors (Lipinski definition) is 2. The first-order valence-corrected chi connectivity index (χ1v) is 8.77. The zero-order valence-electron chi connectivity index (χ0n) is 13.3. The van der Waals surface area contributed by atoms with E-state index in [-0.39, 0.29) is 0 Å². The fourth-order valence-electron chi connectivity index (χ4n) is 2.40. The van der Waals surface area contributed by atoms with Crippen LogP contribution in [0.15, 0.2) is 94.7 Å². The molecule has 3 rings (SSSR count). The maximum atomic E-state index is 12.2. The second-order valence-corrected chi connectivity index (χ2v) is 6.57. The Labute approximate surface area is 147 Å². The van der Waals surface area contributed by atoms with E-state index in [0.717, 1.165) is 21.6 Å². The summed E-state index contributed by atoms with van der Waals surface area (Å²) in [4.78, 5) is 2.25. The van der Waals surface area contributed by atoms with Gasteiger partial charge in [-0.1, -0.05) is 72.4 Å². The van der Waals surface area contributed by atoms with E-state index in [9.17, 15) is 5.21 Å². The van der Waals surface area contributed by atoms with E-state index >= 15 is 0 Å². The molecule has 3 aromatic carbocycles. The third kappa shape index (κ3) is 4.74. The normalized spacial score (nSPS) is 11.4. The van der Waals surface area contributed by atoms with Gasteiger partial charge in [0.15, 0.2) is 12.8 Å². The van der Waals surface area contributed by atoms with Gasteiger partial charge in [0.25, 0.3) is 0 Å². The Bertz CT molecular complexity index is 800. The standard InChI is InChI=1S/C21H19NOS/c23-22(16-15-18-9-3-1-4-10-18)17-19-11-7-8-14-21(19)24-20-12-5-2-6-13-20/h1-14,17H,15-16H2/b22-17-. The minimum Gasteiger partial charge on any atom is -0.624 e. The van der Waals surface area contributed by atoms with Gasteiger partial charge in [-0.2, -0.15) is 0 Å². The third-order valence-electron chi connectivity index (χ3n) is 3.64. The van der Waals surface area contributed by atoms with Crippen molar-refractivity contribution in [1.82, 2.24) is 0 Å². The second-order valence-electron chi connectivity index (χ2n) is 5.46. The summed E-state index contributed by atoms with van der Waals surface area (Å²) in [5.41, 5.74) is 2.13. The van der Waals surface area contributed by atoms with Crippen LogP contribution in [0.2, 0.25) is 0 Å². The molecule has 0 bridgehead atoms. The fourth-order valence-corrected chi connectivity index (χ4v) is 3.33. The van der Waals surface area contributed by atoms with Gasteiger partial charge in [0.1, 0.15) is 0 Å². The van der Waals surface area contributed by atoms with Crippen molar-refractivity contribution in [2.75, 3.05) is 6.54 Å². The topological polar surface area (TPSA) is 26.1 Å². The summed E-state index contributed by atoms with van der Waals surface area (Å²) in [7, 11) is 0. The van der Waals surface area contributed by atoms with Crippen molar-refractivity contribution in [2.45, 2.75) is 16.2 Å². The smallest absolute Gasteiger partial charge is 0.182 e. The molecule has 0 spiro atoms. The molecule has 0 aliphatic carbocycles. The first kappa shape index (κ1) is 16.3. The largest absolute Gasteiger partial charge is 0.624 e. The van der Waals surface area contributed by atoms with Gasteiger partial charge in [-0.05, 0) is 29.8 Å². The van der Waals surface area contributed by atoms with Crippen LogP contribution in [0.4, 0.5) is 0 Å². The Morgan fingerprint density at radius 2 is 1.42 bits per heavy atom. The summed E-state index contributed by atoms with van der Waals surface area (Å²) in [5, 5.41) is 12.2. The number of rotatable bonds is 6. The molecule has 0 atom stereocenters. The molecule has 2 nitrogen and oxygen atoms in total.